The zero-order valence-electron chi connectivity index (χ0n) is 12.1. The monoisotopic (exact) mass is 275 g/mol. The molecule has 0 aliphatic carbocycles. The van der Waals surface area contributed by atoms with Crippen molar-refractivity contribution in [2.24, 2.45) is 0 Å². The summed E-state index contributed by atoms with van der Waals surface area (Å²) in [5.41, 5.74) is 2.04. The number of ketones is 1. The molecule has 0 saturated carbocycles. The molecule has 5 heteroatoms. The van der Waals surface area contributed by atoms with Crippen LogP contribution in [0.15, 0.2) is 24.3 Å². The maximum atomic E-state index is 12.0. The SMILES string of the molecule is CCn1c(CC(=O)CNCCOC)nc2ccccc21. The molecule has 0 atom stereocenters. The van der Waals surface area contributed by atoms with Crippen LogP contribution in [-0.4, -0.2) is 42.1 Å². The summed E-state index contributed by atoms with van der Waals surface area (Å²) in [4.78, 5) is 16.5. The van der Waals surface area contributed by atoms with Gasteiger partial charge >= 0.3 is 0 Å². The number of hydrogen-bond acceptors (Lipinski definition) is 4. The number of carbonyl (C=O) groups is 1. The Balaban J connectivity index is 2.03. The van der Waals surface area contributed by atoms with Crippen LogP contribution in [0.1, 0.15) is 12.7 Å². The minimum absolute atomic E-state index is 0.145. The van der Waals surface area contributed by atoms with Gasteiger partial charge in [-0.1, -0.05) is 12.1 Å². The van der Waals surface area contributed by atoms with E-state index in [0.717, 1.165) is 23.4 Å². The van der Waals surface area contributed by atoms with Gasteiger partial charge in [0.05, 0.1) is 30.6 Å². The number of benzene rings is 1. The highest BCUT2D eigenvalue weighted by molar-refractivity contribution is 5.84. The number of nitrogens with one attached hydrogen (secondary N) is 1. The maximum Gasteiger partial charge on any atom is 0.154 e. The van der Waals surface area contributed by atoms with E-state index in [9.17, 15) is 4.79 Å². The van der Waals surface area contributed by atoms with E-state index in [2.05, 4.69) is 21.8 Å². The quantitative estimate of drug-likeness (QED) is 0.740. The van der Waals surface area contributed by atoms with Crippen molar-refractivity contribution in [3.05, 3.63) is 30.1 Å². The van der Waals surface area contributed by atoms with Crippen molar-refractivity contribution in [1.82, 2.24) is 14.9 Å². The molecule has 1 heterocycles. The van der Waals surface area contributed by atoms with Crippen LogP contribution >= 0.6 is 0 Å². The summed E-state index contributed by atoms with van der Waals surface area (Å²) >= 11 is 0. The Hall–Kier alpha value is -1.72. The number of rotatable bonds is 8. The fourth-order valence-electron chi connectivity index (χ4n) is 2.25. The minimum Gasteiger partial charge on any atom is -0.383 e. The smallest absolute Gasteiger partial charge is 0.154 e. The van der Waals surface area contributed by atoms with E-state index in [-0.39, 0.29) is 5.78 Å². The van der Waals surface area contributed by atoms with Crippen molar-refractivity contribution in [3.8, 4) is 0 Å². The molecule has 0 fully saturated rings. The van der Waals surface area contributed by atoms with Gasteiger partial charge in [-0.05, 0) is 19.1 Å². The minimum atomic E-state index is 0.145. The van der Waals surface area contributed by atoms with Gasteiger partial charge in [0.15, 0.2) is 5.78 Å². The van der Waals surface area contributed by atoms with Gasteiger partial charge < -0.3 is 14.6 Å². The van der Waals surface area contributed by atoms with E-state index in [4.69, 9.17) is 4.74 Å². The molecule has 0 spiro atoms. The van der Waals surface area contributed by atoms with Crippen LogP contribution < -0.4 is 5.32 Å². The molecule has 0 amide bonds. The Morgan fingerprint density at radius 3 is 2.95 bits per heavy atom. The van der Waals surface area contributed by atoms with Gasteiger partial charge in [0.1, 0.15) is 5.82 Å². The number of Topliss-reactive ketones (excluding diaryl/α,β-unsaturated/α-hetero) is 1. The first-order valence-electron chi connectivity index (χ1n) is 6.91. The van der Waals surface area contributed by atoms with E-state index in [1.54, 1.807) is 7.11 Å². The average molecular weight is 275 g/mol. The summed E-state index contributed by atoms with van der Waals surface area (Å²) in [6.45, 7) is 4.54. The molecule has 0 saturated heterocycles. The second kappa shape index (κ2) is 7.17. The molecule has 108 valence electrons. The molecule has 1 N–H and O–H groups in total. The van der Waals surface area contributed by atoms with Gasteiger partial charge in [0.2, 0.25) is 0 Å². The number of fused-ring (bicyclic) bond motifs is 1. The van der Waals surface area contributed by atoms with Crippen LogP contribution in [0.5, 0.6) is 0 Å². The highest BCUT2D eigenvalue weighted by atomic mass is 16.5. The Bertz CT molecular complexity index is 578. The Morgan fingerprint density at radius 2 is 2.20 bits per heavy atom. The fourth-order valence-corrected chi connectivity index (χ4v) is 2.25. The van der Waals surface area contributed by atoms with Crippen molar-refractivity contribution in [1.29, 1.82) is 0 Å². The number of hydrogen-bond donors (Lipinski definition) is 1. The van der Waals surface area contributed by atoms with Gasteiger partial charge in [-0.3, -0.25) is 4.79 Å². The second-order valence-corrected chi connectivity index (χ2v) is 4.65. The van der Waals surface area contributed by atoms with E-state index in [1.807, 2.05) is 24.3 Å². The molecular formula is C15H21N3O2. The Labute approximate surface area is 118 Å². The number of nitrogens with zero attached hydrogens (tertiary/aromatic N) is 2. The third-order valence-electron chi connectivity index (χ3n) is 3.21. The highest BCUT2D eigenvalue weighted by Crippen LogP contribution is 2.16. The van der Waals surface area contributed by atoms with Crippen LogP contribution in [0, 0.1) is 0 Å². The zero-order chi connectivity index (χ0) is 14.4. The molecule has 2 rings (SSSR count). The normalized spacial score (nSPS) is 11.1. The summed E-state index contributed by atoms with van der Waals surface area (Å²) in [7, 11) is 1.65. The summed E-state index contributed by atoms with van der Waals surface area (Å²) in [6.07, 6.45) is 0.364. The molecule has 0 aliphatic heterocycles. The lowest BCUT2D eigenvalue weighted by Crippen LogP contribution is -2.27. The zero-order valence-corrected chi connectivity index (χ0v) is 12.1. The van der Waals surface area contributed by atoms with E-state index >= 15 is 0 Å². The van der Waals surface area contributed by atoms with Gasteiger partial charge in [-0.25, -0.2) is 4.98 Å². The number of ether oxygens (including phenoxy) is 1. The largest absolute Gasteiger partial charge is 0.383 e. The molecule has 1 aromatic heterocycles. The van der Waals surface area contributed by atoms with Crippen molar-refractivity contribution < 1.29 is 9.53 Å². The number of aryl methyl sites for hydroxylation is 1. The molecular weight excluding hydrogens is 254 g/mol. The lowest BCUT2D eigenvalue weighted by Gasteiger charge is -2.06. The molecule has 0 aliphatic rings. The van der Waals surface area contributed by atoms with Crippen LogP contribution in [-0.2, 0) is 22.5 Å². The van der Waals surface area contributed by atoms with Crippen LogP contribution in [0.3, 0.4) is 0 Å². The number of para-hydroxylation sites is 2. The number of methoxy groups -OCH3 is 1. The molecule has 1 aromatic carbocycles. The van der Waals surface area contributed by atoms with Crippen molar-refractivity contribution in [2.45, 2.75) is 19.9 Å². The Morgan fingerprint density at radius 1 is 1.40 bits per heavy atom. The first-order valence-corrected chi connectivity index (χ1v) is 6.91. The molecule has 2 aromatic rings. The molecule has 0 unspecified atom stereocenters. The molecule has 20 heavy (non-hydrogen) atoms. The van der Waals surface area contributed by atoms with Crippen LogP contribution in [0.25, 0.3) is 11.0 Å². The summed E-state index contributed by atoms with van der Waals surface area (Å²) in [5.74, 6) is 0.985. The fraction of sp³-hybridized carbons (Fsp3) is 0.467. The average Bonchev–Trinajstić information content (AvgIpc) is 2.80. The van der Waals surface area contributed by atoms with Crippen LogP contribution in [0.4, 0.5) is 0 Å². The summed E-state index contributed by atoms with van der Waals surface area (Å²) < 4.78 is 7.03. The maximum absolute atomic E-state index is 12.0. The molecule has 5 nitrogen and oxygen atoms in total. The first-order chi connectivity index (χ1) is 9.76. The number of imidazole rings is 1. The lowest BCUT2D eigenvalue weighted by atomic mass is 10.2. The van der Waals surface area contributed by atoms with Crippen LogP contribution in [0.2, 0.25) is 0 Å². The standard InChI is InChI=1S/C15H21N3O2/c1-3-18-14-7-5-4-6-13(14)17-15(18)10-12(19)11-16-8-9-20-2/h4-7,16H,3,8-11H2,1-2H3. The number of carbonyl (C=O) groups excluding carboxylic acids is 1. The topological polar surface area (TPSA) is 56.2 Å². The van der Waals surface area contributed by atoms with E-state index in [1.165, 1.54) is 0 Å². The summed E-state index contributed by atoms with van der Waals surface area (Å²) in [5, 5.41) is 3.07. The lowest BCUT2D eigenvalue weighted by molar-refractivity contribution is -0.117. The second-order valence-electron chi connectivity index (χ2n) is 4.65. The van der Waals surface area contributed by atoms with Gasteiger partial charge in [0.25, 0.3) is 0 Å². The van der Waals surface area contributed by atoms with Crippen molar-refractivity contribution >= 4 is 16.8 Å². The Kier molecular flexibility index (Phi) is 5.26. The summed E-state index contributed by atoms with van der Waals surface area (Å²) in [6, 6.07) is 7.98. The number of aromatic nitrogens is 2. The molecule has 0 bridgehead atoms. The van der Waals surface area contributed by atoms with Gasteiger partial charge in [-0.2, -0.15) is 0 Å². The van der Waals surface area contributed by atoms with E-state index in [0.29, 0.717) is 26.1 Å². The van der Waals surface area contributed by atoms with Crippen molar-refractivity contribution in [3.63, 3.8) is 0 Å². The predicted molar refractivity (Wildman–Crippen MR) is 78.9 cm³/mol. The molecule has 0 radical (unpaired) electrons. The van der Waals surface area contributed by atoms with Crippen molar-refractivity contribution in [2.75, 3.05) is 26.8 Å². The third-order valence-corrected chi connectivity index (χ3v) is 3.21. The van der Waals surface area contributed by atoms with Gasteiger partial charge in [0, 0.05) is 20.2 Å². The first kappa shape index (κ1) is 14.7. The third kappa shape index (κ3) is 3.43. The highest BCUT2D eigenvalue weighted by Gasteiger charge is 2.12. The predicted octanol–water partition coefficient (Wildman–Crippen LogP) is 1.40. The van der Waals surface area contributed by atoms with E-state index < -0.39 is 0 Å². The van der Waals surface area contributed by atoms with Gasteiger partial charge in [-0.15, -0.1) is 0 Å².